The maximum atomic E-state index is 6.80. The molecule has 0 fully saturated rings. The molecule has 123 heavy (non-hydrogen) atoms. The Bertz CT molecular complexity index is 8900. The van der Waals surface area contributed by atoms with Crippen molar-refractivity contribution in [3.63, 3.8) is 0 Å². The molecule has 0 unspecified atom stereocenters. The summed E-state index contributed by atoms with van der Waals surface area (Å²) in [5, 5.41) is 14.7. The van der Waals surface area contributed by atoms with Crippen LogP contribution in [-0.2, 0) is 0 Å². The summed E-state index contributed by atoms with van der Waals surface area (Å²) in [5.74, 6) is 0. The topological polar surface area (TPSA) is 54.2 Å². The lowest BCUT2D eigenvalue weighted by Gasteiger charge is -2.09. The predicted octanol–water partition coefficient (Wildman–Crippen LogP) is 33.7. The normalized spacial score (nSPS) is 11.9. The highest BCUT2D eigenvalue weighted by molar-refractivity contribution is 7.26. The van der Waals surface area contributed by atoms with Gasteiger partial charge in [-0.05, 0) is 202 Å². The molecule has 27 rings (SSSR count). The van der Waals surface area contributed by atoms with Gasteiger partial charge in [0.25, 0.3) is 0 Å². The third-order valence-electron chi connectivity index (χ3n) is 24.6. The number of hydrogen-bond donors (Lipinski definition) is 0. The van der Waals surface area contributed by atoms with E-state index in [0.717, 1.165) is 149 Å². The van der Waals surface area contributed by atoms with Gasteiger partial charge in [-0.2, -0.15) is 0 Å². The first-order valence-corrected chi connectivity index (χ1v) is 44.0. The monoisotopic (exact) mass is 1620 g/mol. The van der Waals surface area contributed by atoms with E-state index in [0.29, 0.717) is 0 Å². The first kappa shape index (κ1) is 70.6. The second kappa shape index (κ2) is 28.7. The lowest BCUT2D eigenvalue weighted by molar-refractivity contribution is 0.673. The average molecular weight is 1630 g/mol. The highest BCUT2D eigenvalue weighted by Crippen LogP contribution is 2.49. The number of para-hydroxylation sites is 9. The van der Waals surface area contributed by atoms with E-state index in [-0.39, 0.29) is 0 Å². The van der Waals surface area contributed by atoms with Crippen molar-refractivity contribution >= 4 is 193 Å². The molecule has 0 aliphatic heterocycles. The fraction of sp³-hybridized carbons (Fsp3) is 0. The summed E-state index contributed by atoms with van der Waals surface area (Å²) in [4.78, 5) is 0. The SMILES string of the molecule is c1ccc(-n2c3ccccc3c3oc4c(-c5cccc(-c6ccc7c(c6)sc6ccccc67)c5)cccc4c32)cc1.c1ccc(-n2c3ccccc3c3oc4c(-c5cccc(-c6ccc7sc8ccccc8c7c6)c5)cccc4c32)cc1.c1ccc(-n2c3ccccc3c3oc4c(-c5cccc(-c6cccc7sc8ccccc8c67)c5)cccc4c32)cc1. The summed E-state index contributed by atoms with van der Waals surface area (Å²) in [6, 6.07) is 150. The quantitative estimate of drug-likeness (QED) is 0.145. The standard InChI is InChI=1S/3C38H23NOS/c1-2-13-26(14-3-1)39-32-20-6-4-15-29(32)38-36(39)31-19-9-18-28(37(31)40-38)25-12-8-11-24(23-25)27-17-10-22-34-35(27)30-16-5-7-21-33(30)41-34;1-2-12-27(13-3-1)39-33-18-6-4-15-31(33)38-36(39)32-17-9-16-28(37(32)40-38)26-11-8-10-24(22-26)25-20-21-30-29-14-5-7-19-34(29)41-35(30)23-25;1-2-12-27(13-3-1)39-33-18-6-4-15-30(33)38-36(39)31-17-9-16-28(37(31)40-38)26-11-8-10-24(22-26)25-20-21-35-32(23-25)29-14-5-7-19-34(29)41-35/h3*1-23H. The van der Waals surface area contributed by atoms with E-state index in [1.165, 1.54) is 93.9 Å². The smallest absolute Gasteiger partial charge is 0.161 e. The third kappa shape index (κ3) is 11.5. The Kier molecular flexibility index (Phi) is 16.5. The van der Waals surface area contributed by atoms with Crippen LogP contribution in [0.3, 0.4) is 0 Å². The van der Waals surface area contributed by atoms with Crippen LogP contribution in [0.4, 0.5) is 0 Å². The van der Waals surface area contributed by atoms with E-state index in [1.807, 2.05) is 34.0 Å². The molecular weight excluding hydrogens is 1560 g/mol. The highest BCUT2D eigenvalue weighted by Gasteiger charge is 2.26. The van der Waals surface area contributed by atoms with E-state index in [1.54, 1.807) is 0 Å². The molecule has 0 N–H and O–H groups in total. The fourth-order valence-corrected chi connectivity index (χ4v) is 22.5. The molecule has 0 spiro atoms. The fourth-order valence-electron chi connectivity index (χ4n) is 19.1. The van der Waals surface area contributed by atoms with Crippen LogP contribution >= 0.6 is 34.0 Å². The molecule has 18 aromatic carbocycles. The zero-order valence-electron chi connectivity index (χ0n) is 66.1. The molecule has 27 aromatic rings. The van der Waals surface area contributed by atoms with Crippen LogP contribution in [0.2, 0.25) is 0 Å². The lowest BCUT2D eigenvalue weighted by atomic mass is 9.95. The van der Waals surface area contributed by atoms with E-state index >= 15 is 0 Å². The van der Waals surface area contributed by atoms with Crippen LogP contribution in [0.25, 0.3) is 243 Å². The Labute approximate surface area is 717 Å². The molecule has 0 radical (unpaired) electrons. The summed E-state index contributed by atoms with van der Waals surface area (Å²) in [7, 11) is 0. The molecule has 9 heteroatoms. The number of hydrogen-bond acceptors (Lipinski definition) is 6. The third-order valence-corrected chi connectivity index (χ3v) is 28.0. The molecule has 576 valence electrons. The van der Waals surface area contributed by atoms with E-state index < -0.39 is 0 Å². The maximum Gasteiger partial charge on any atom is 0.161 e. The molecule has 0 atom stereocenters. The largest absolute Gasteiger partial charge is 0.453 e. The molecule has 9 aromatic heterocycles. The molecule has 0 aliphatic carbocycles. The number of furan rings is 3. The van der Waals surface area contributed by atoms with Gasteiger partial charge in [-0.3, -0.25) is 0 Å². The van der Waals surface area contributed by atoms with Crippen LogP contribution in [0, 0.1) is 0 Å². The molecule has 0 saturated carbocycles. The van der Waals surface area contributed by atoms with Gasteiger partial charge in [0.2, 0.25) is 0 Å². The van der Waals surface area contributed by atoms with Gasteiger partial charge < -0.3 is 27.0 Å². The van der Waals surface area contributed by atoms with Crippen molar-refractivity contribution in [1.29, 1.82) is 0 Å². The molecule has 0 amide bonds. The highest BCUT2D eigenvalue weighted by atomic mass is 32.1. The minimum atomic E-state index is 0.921. The maximum absolute atomic E-state index is 6.80. The Morgan fingerprint density at radius 1 is 0.163 bits per heavy atom. The zero-order valence-corrected chi connectivity index (χ0v) is 68.6. The van der Waals surface area contributed by atoms with Gasteiger partial charge in [0.15, 0.2) is 16.7 Å². The molecular formula is C114H69N3O3S3. The van der Waals surface area contributed by atoms with E-state index in [9.17, 15) is 0 Å². The Balaban J connectivity index is 0.000000101. The number of fused-ring (bicyclic) bond motifs is 24. The molecule has 6 nitrogen and oxygen atoms in total. The van der Waals surface area contributed by atoms with Gasteiger partial charge in [0, 0.05) is 127 Å². The molecule has 0 saturated heterocycles. The van der Waals surface area contributed by atoms with Crippen molar-refractivity contribution in [2.75, 3.05) is 0 Å². The summed E-state index contributed by atoms with van der Waals surface area (Å²) < 4.78 is 35.3. The first-order chi connectivity index (χ1) is 61.0. The van der Waals surface area contributed by atoms with Gasteiger partial charge in [-0.1, -0.05) is 267 Å². The number of aromatic nitrogens is 3. The van der Waals surface area contributed by atoms with Crippen molar-refractivity contribution in [1.82, 2.24) is 13.7 Å². The van der Waals surface area contributed by atoms with Crippen molar-refractivity contribution in [2.24, 2.45) is 0 Å². The van der Waals surface area contributed by atoms with Gasteiger partial charge >= 0.3 is 0 Å². The second-order valence-corrected chi connectivity index (χ2v) is 34.8. The zero-order chi connectivity index (χ0) is 80.7. The van der Waals surface area contributed by atoms with E-state index in [4.69, 9.17) is 13.3 Å². The van der Waals surface area contributed by atoms with Crippen molar-refractivity contribution in [2.45, 2.75) is 0 Å². The summed E-state index contributed by atoms with van der Waals surface area (Å²) in [5.41, 5.74) is 29.8. The molecule has 0 bridgehead atoms. The summed E-state index contributed by atoms with van der Waals surface area (Å²) >= 11 is 5.57. The van der Waals surface area contributed by atoms with Gasteiger partial charge in [-0.25, -0.2) is 0 Å². The van der Waals surface area contributed by atoms with Crippen LogP contribution in [0.5, 0.6) is 0 Å². The van der Waals surface area contributed by atoms with Crippen LogP contribution in [-0.4, -0.2) is 13.7 Å². The summed E-state index contributed by atoms with van der Waals surface area (Å²) in [6.07, 6.45) is 0. The predicted molar refractivity (Wildman–Crippen MR) is 523 cm³/mol. The van der Waals surface area contributed by atoms with Crippen LogP contribution in [0.15, 0.2) is 432 Å². The van der Waals surface area contributed by atoms with Crippen molar-refractivity contribution in [3.05, 3.63) is 419 Å². The van der Waals surface area contributed by atoms with Crippen LogP contribution < -0.4 is 0 Å². The van der Waals surface area contributed by atoms with Crippen molar-refractivity contribution < 1.29 is 13.3 Å². The Morgan fingerprint density at radius 2 is 0.455 bits per heavy atom. The molecule has 0 aliphatic rings. The average Bonchev–Trinajstić information content (AvgIpc) is 1.57. The number of benzene rings is 18. The van der Waals surface area contributed by atoms with E-state index in [2.05, 4.69) is 432 Å². The second-order valence-electron chi connectivity index (χ2n) is 31.6. The van der Waals surface area contributed by atoms with Gasteiger partial charge in [0.05, 0.1) is 16.6 Å². The number of nitrogens with zero attached hydrogens (tertiary/aromatic N) is 3. The van der Waals surface area contributed by atoms with Gasteiger partial charge in [0.1, 0.15) is 33.3 Å². The number of thiophene rings is 3. The number of rotatable bonds is 9. The summed E-state index contributed by atoms with van der Waals surface area (Å²) in [6.45, 7) is 0. The lowest BCUT2D eigenvalue weighted by Crippen LogP contribution is -1.92. The first-order valence-electron chi connectivity index (χ1n) is 41.6. The molecule has 9 heterocycles. The Morgan fingerprint density at radius 3 is 0.927 bits per heavy atom. The van der Waals surface area contributed by atoms with Gasteiger partial charge in [-0.15, -0.1) is 34.0 Å². The minimum absolute atomic E-state index is 0.921. The minimum Gasteiger partial charge on any atom is -0.453 e. The van der Waals surface area contributed by atoms with Crippen LogP contribution in [0.1, 0.15) is 0 Å². The Hall–Kier alpha value is -15.4. The van der Waals surface area contributed by atoms with Crippen molar-refractivity contribution in [3.8, 4) is 83.8 Å².